The Morgan fingerprint density at radius 1 is 1.46 bits per heavy atom. The van der Waals surface area contributed by atoms with Gasteiger partial charge in [-0.05, 0) is 18.2 Å². The highest BCUT2D eigenvalue weighted by Gasteiger charge is 2.21. The zero-order chi connectivity index (χ0) is 16.8. The van der Waals surface area contributed by atoms with Gasteiger partial charge in [0, 0.05) is 43.1 Å². The fourth-order valence-electron chi connectivity index (χ4n) is 2.66. The first-order valence-electron chi connectivity index (χ1n) is 7.99. The average Bonchev–Trinajstić information content (AvgIpc) is 3.03. The fraction of sp³-hybridized carbons (Fsp3) is 0.263. The lowest BCUT2D eigenvalue weighted by Crippen LogP contribution is -2.37. The Kier molecular flexibility index (Phi) is 4.97. The third kappa shape index (κ3) is 3.85. The van der Waals surface area contributed by atoms with E-state index < -0.39 is 0 Å². The molecule has 0 saturated carbocycles. The van der Waals surface area contributed by atoms with Crippen LogP contribution in [0.1, 0.15) is 11.1 Å². The van der Waals surface area contributed by atoms with Crippen LogP contribution >= 0.6 is 0 Å². The summed E-state index contributed by atoms with van der Waals surface area (Å²) in [6, 6.07) is 9.95. The number of carbonyl (C=O) groups is 1. The molecular weight excluding hydrogens is 300 g/mol. The standard InChI is InChI=1S/C19H20N4O/c1-2-18(24)20-11-16-12-21-19-17(13-22-23(19)14-16)10-6-9-15-7-4-3-5-8-15/h2-5,7-8,13,16,21H,1,10-12,14H2,(H,20,24). The van der Waals surface area contributed by atoms with Gasteiger partial charge in [-0.2, -0.15) is 5.10 Å². The van der Waals surface area contributed by atoms with Crippen LogP contribution in [0, 0.1) is 17.8 Å². The quantitative estimate of drug-likeness (QED) is 0.667. The molecule has 5 nitrogen and oxygen atoms in total. The second-order valence-corrected chi connectivity index (χ2v) is 5.74. The fourth-order valence-corrected chi connectivity index (χ4v) is 2.66. The monoisotopic (exact) mass is 320 g/mol. The minimum Gasteiger partial charge on any atom is -0.370 e. The van der Waals surface area contributed by atoms with Crippen LogP contribution < -0.4 is 10.6 Å². The third-order valence-corrected chi connectivity index (χ3v) is 3.94. The number of rotatable bonds is 4. The molecule has 1 amide bonds. The van der Waals surface area contributed by atoms with Crippen molar-refractivity contribution in [1.29, 1.82) is 0 Å². The van der Waals surface area contributed by atoms with E-state index in [2.05, 4.69) is 34.2 Å². The predicted molar refractivity (Wildman–Crippen MR) is 94.4 cm³/mol. The van der Waals surface area contributed by atoms with Gasteiger partial charge in [-0.3, -0.25) is 4.79 Å². The zero-order valence-corrected chi connectivity index (χ0v) is 13.5. The highest BCUT2D eigenvalue weighted by atomic mass is 16.1. The van der Waals surface area contributed by atoms with Crippen molar-refractivity contribution in [3.05, 3.63) is 60.3 Å². The Balaban J connectivity index is 1.60. The van der Waals surface area contributed by atoms with Crippen LogP contribution in [0.2, 0.25) is 0 Å². The van der Waals surface area contributed by atoms with E-state index in [-0.39, 0.29) is 5.91 Å². The van der Waals surface area contributed by atoms with E-state index in [1.54, 1.807) is 0 Å². The maximum Gasteiger partial charge on any atom is 0.243 e. The van der Waals surface area contributed by atoms with Crippen molar-refractivity contribution >= 4 is 11.7 Å². The SMILES string of the molecule is C=CC(=O)NCC1CNc2c(CC#Cc3ccccc3)cnn2C1. The second-order valence-electron chi connectivity index (χ2n) is 5.74. The first-order valence-corrected chi connectivity index (χ1v) is 7.99. The van der Waals surface area contributed by atoms with E-state index in [0.29, 0.717) is 18.9 Å². The zero-order valence-electron chi connectivity index (χ0n) is 13.5. The Hall–Kier alpha value is -3.00. The number of anilines is 1. The van der Waals surface area contributed by atoms with Gasteiger partial charge in [-0.25, -0.2) is 4.68 Å². The topological polar surface area (TPSA) is 59.0 Å². The first-order chi connectivity index (χ1) is 11.8. The molecule has 24 heavy (non-hydrogen) atoms. The summed E-state index contributed by atoms with van der Waals surface area (Å²) in [5.74, 6) is 7.57. The summed E-state index contributed by atoms with van der Waals surface area (Å²) >= 11 is 0. The molecule has 1 aliphatic rings. The number of hydrogen-bond acceptors (Lipinski definition) is 3. The van der Waals surface area contributed by atoms with Gasteiger partial charge in [-0.1, -0.05) is 36.6 Å². The molecule has 0 aliphatic carbocycles. The van der Waals surface area contributed by atoms with E-state index in [9.17, 15) is 4.79 Å². The molecule has 0 radical (unpaired) electrons. The van der Waals surface area contributed by atoms with Crippen molar-refractivity contribution in [2.24, 2.45) is 5.92 Å². The summed E-state index contributed by atoms with van der Waals surface area (Å²) in [4.78, 5) is 11.3. The molecule has 3 rings (SSSR count). The van der Waals surface area contributed by atoms with Crippen molar-refractivity contribution in [2.75, 3.05) is 18.4 Å². The van der Waals surface area contributed by atoms with Crippen molar-refractivity contribution in [3.8, 4) is 11.8 Å². The van der Waals surface area contributed by atoms with Gasteiger partial charge >= 0.3 is 0 Å². The van der Waals surface area contributed by atoms with E-state index >= 15 is 0 Å². The minimum atomic E-state index is -0.141. The number of nitrogens with one attached hydrogen (secondary N) is 2. The number of fused-ring (bicyclic) bond motifs is 1. The number of aromatic nitrogens is 2. The molecule has 0 saturated heterocycles. The molecule has 1 atom stereocenters. The Labute approximate surface area is 141 Å². The lowest BCUT2D eigenvalue weighted by molar-refractivity contribution is -0.116. The van der Waals surface area contributed by atoms with Crippen LogP contribution in [0.25, 0.3) is 0 Å². The summed E-state index contributed by atoms with van der Waals surface area (Å²) in [6.45, 7) is 5.66. The van der Waals surface area contributed by atoms with Gasteiger partial charge in [0.25, 0.3) is 0 Å². The number of benzene rings is 1. The molecule has 5 heteroatoms. The van der Waals surface area contributed by atoms with E-state index in [1.165, 1.54) is 6.08 Å². The van der Waals surface area contributed by atoms with Crippen molar-refractivity contribution < 1.29 is 4.79 Å². The molecule has 2 N–H and O–H groups in total. The first kappa shape index (κ1) is 15.9. The molecule has 122 valence electrons. The van der Waals surface area contributed by atoms with Crippen LogP contribution in [-0.4, -0.2) is 28.8 Å². The highest BCUT2D eigenvalue weighted by Crippen LogP contribution is 2.21. The Bertz CT molecular complexity index is 783. The van der Waals surface area contributed by atoms with Crippen molar-refractivity contribution in [3.63, 3.8) is 0 Å². The summed E-state index contributed by atoms with van der Waals surface area (Å²) < 4.78 is 1.95. The van der Waals surface area contributed by atoms with Crippen LogP contribution in [0.5, 0.6) is 0 Å². The normalized spacial score (nSPS) is 15.4. The lowest BCUT2D eigenvalue weighted by Gasteiger charge is -2.25. The lowest BCUT2D eigenvalue weighted by atomic mass is 10.1. The molecule has 0 bridgehead atoms. The van der Waals surface area contributed by atoms with E-state index in [1.807, 2.05) is 41.2 Å². The number of nitrogens with zero attached hydrogens (tertiary/aromatic N) is 2. The molecule has 1 unspecified atom stereocenters. The average molecular weight is 320 g/mol. The van der Waals surface area contributed by atoms with Crippen molar-refractivity contribution in [2.45, 2.75) is 13.0 Å². The molecule has 1 aromatic carbocycles. The van der Waals surface area contributed by atoms with Crippen LogP contribution in [0.15, 0.2) is 49.2 Å². The Morgan fingerprint density at radius 2 is 2.29 bits per heavy atom. The molecule has 1 aliphatic heterocycles. The Morgan fingerprint density at radius 3 is 3.08 bits per heavy atom. The van der Waals surface area contributed by atoms with Crippen LogP contribution in [0.4, 0.5) is 5.82 Å². The van der Waals surface area contributed by atoms with Gasteiger partial charge < -0.3 is 10.6 Å². The van der Waals surface area contributed by atoms with Gasteiger partial charge in [0.1, 0.15) is 5.82 Å². The molecule has 0 fully saturated rings. The van der Waals surface area contributed by atoms with Crippen LogP contribution in [0.3, 0.4) is 0 Å². The van der Waals surface area contributed by atoms with Gasteiger partial charge in [0.05, 0.1) is 6.20 Å². The smallest absolute Gasteiger partial charge is 0.243 e. The third-order valence-electron chi connectivity index (χ3n) is 3.94. The second kappa shape index (κ2) is 7.51. The summed E-state index contributed by atoms with van der Waals surface area (Å²) in [5.41, 5.74) is 2.12. The van der Waals surface area contributed by atoms with Gasteiger partial charge in [0.15, 0.2) is 0 Å². The number of hydrogen-bond donors (Lipinski definition) is 2. The molecular formula is C19H20N4O. The van der Waals surface area contributed by atoms with E-state index in [4.69, 9.17) is 0 Å². The van der Waals surface area contributed by atoms with E-state index in [0.717, 1.165) is 30.0 Å². The molecule has 2 heterocycles. The van der Waals surface area contributed by atoms with Crippen LogP contribution in [-0.2, 0) is 17.8 Å². The molecule has 2 aromatic rings. The van der Waals surface area contributed by atoms with Gasteiger partial charge in [0.2, 0.25) is 5.91 Å². The van der Waals surface area contributed by atoms with Crippen molar-refractivity contribution in [1.82, 2.24) is 15.1 Å². The molecule has 1 aromatic heterocycles. The summed E-state index contributed by atoms with van der Waals surface area (Å²) in [5, 5.41) is 10.7. The highest BCUT2D eigenvalue weighted by molar-refractivity contribution is 5.86. The number of amides is 1. The summed E-state index contributed by atoms with van der Waals surface area (Å²) in [6.07, 6.45) is 3.82. The number of carbonyl (C=O) groups excluding carboxylic acids is 1. The molecule has 0 spiro atoms. The predicted octanol–water partition coefficient (Wildman–Crippen LogP) is 1.82. The maximum absolute atomic E-state index is 11.3. The largest absolute Gasteiger partial charge is 0.370 e. The maximum atomic E-state index is 11.3. The summed E-state index contributed by atoms with van der Waals surface area (Å²) in [7, 11) is 0. The minimum absolute atomic E-state index is 0.141. The van der Waals surface area contributed by atoms with Gasteiger partial charge in [-0.15, -0.1) is 0 Å².